The van der Waals surface area contributed by atoms with E-state index in [9.17, 15) is 5.11 Å². The molecule has 0 spiro atoms. The Hall–Kier alpha value is -2.42. The molecular formula is C22H26N2O. The third kappa shape index (κ3) is 4.79. The fourth-order valence-electron chi connectivity index (χ4n) is 3.13. The molecule has 0 amide bonds. The van der Waals surface area contributed by atoms with Crippen LogP contribution in [0.3, 0.4) is 0 Å². The first-order valence-corrected chi connectivity index (χ1v) is 9.31. The molecule has 2 aromatic carbocycles. The van der Waals surface area contributed by atoms with Crippen molar-refractivity contribution in [1.29, 1.82) is 0 Å². The average molecular weight is 334 g/mol. The highest BCUT2D eigenvalue weighted by molar-refractivity contribution is 5.87. The van der Waals surface area contributed by atoms with E-state index in [0.29, 0.717) is 0 Å². The number of phenols is 1. The van der Waals surface area contributed by atoms with Crippen LogP contribution in [0.15, 0.2) is 48.7 Å². The molecule has 0 atom stereocenters. The second-order valence-corrected chi connectivity index (χ2v) is 6.64. The third-order valence-corrected chi connectivity index (χ3v) is 4.58. The topological polar surface area (TPSA) is 46.0 Å². The summed E-state index contributed by atoms with van der Waals surface area (Å²) in [6.07, 6.45) is 10.6. The molecule has 130 valence electrons. The highest BCUT2D eigenvalue weighted by atomic mass is 16.3. The van der Waals surface area contributed by atoms with Crippen molar-refractivity contribution in [2.45, 2.75) is 51.9 Å². The molecule has 0 saturated heterocycles. The Morgan fingerprint density at radius 3 is 2.48 bits per heavy atom. The fraction of sp³-hybridized carbons (Fsp3) is 0.364. The number of unbranched alkanes of at least 4 members (excludes halogenated alkanes) is 5. The maximum Gasteiger partial charge on any atom is 0.159 e. The largest absolute Gasteiger partial charge is 0.508 e. The smallest absolute Gasteiger partial charge is 0.159 e. The Kier molecular flexibility index (Phi) is 5.99. The molecule has 0 aliphatic heterocycles. The van der Waals surface area contributed by atoms with Gasteiger partial charge in [0, 0.05) is 17.5 Å². The van der Waals surface area contributed by atoms with Crippen LogP contribution in [0, 0.1) is 0 Å². The van der Waals surface area contributed by atoms with E-state index in [1.807, 2.05) is 30.5 Å². The summed E-state index contributed by atoms with van der Waals surface area (Å²) in [6, 6.07) is 13.5. The highest BCUT2D eigenvalue weighted by Crippen LogP contribution is 2.25. The predicted molar refractivity (Wildman–Crippen MR) is 104 cm³/mol. The number of aromatic hydroxyl groups is 1. The predicted octanol–water partition coefficient (Wildman–Crippen LogP) is 5.91. The van der Waals surface area contributed by atoms with Crippen molar-refractivity contribution in [2.75, 3.05) is 0 Å². The van der Waals surface area contributed by atoms with Gasteiger partial charge in [-0.25, -0.2) is 9.97 Å². The first-order valence-electron chi connectivity index (χ1n) is 9.31. The van der Waals surface area contributed by atoms with Crippen LogP contribution < -0.4 is 0 Å². The van der Waals surface area contributed by atoms with Gasteiger partial charge in [0.1, 0.15) is 5.75 Å². The Balaban J connectivity index is 1.67. The van der Waals surface area contributed by atoms with Gasteiger partial charge in [-0.15, -0.1) is 0 Å². The van der Waals surface area contributed by atoms with E-state index in [4.69, 9.17) is 4.98 Å². The summed E-state index contributed by atoms with van der Waals surface area (Å²) >= 11 is 0. The monoisotopic (exact) mass is 334 g/mol. The molecule has 0 bridgehead atoms. The molecule has 3 heteroatoms. The molecule has 0 aliphatic carbocycles. The third-order valence-electron chi connectivity index (χ3n) is 4.58. The Morgan fingerprint density at radius 1 is 0.840 bits per heavy atom. The number of aryl methyl sites for hydroxylation is 1. The number of phenolic OH excluding ortho intramolecular Hbond substituents is 1. The second kappa shape index (κ2) is 8.61. The SMILES string of the molecule is CCCCCCCCc1ccnc(-c2ccc3cc(O)ccc3c2)n1. The van der Waals surface area contributed by atoms with Crippen LogP contribution in [0.4, 0.5) is 0 Å². The lowest BCUT2D eigenvalue weighted by Crippen LogP contribution is -1.95. The lowest BCUT2D eigenvalue weighted by molar-refractivity contribution is 0.476. The quantitative estimate of drug-likeness (QED) is 0.521. The molecule has 1 N–H and O–H groups in total. The molecular weight excluding hydrogens is 308 g/mol. The number of benzene rings is 2. The summed E-state index contributed by atoms with van der Waals surface area (Å²) in [5, 5.41) is 11.7. The molecule has 0 aliphatic rings. The van der Waals surface area contributed by atoms with Gasteiger partial charge in [0.25, 0.3) is 0 Å². The number of hydrogen-bond donors (Lipinski definition) is 1. The van der Waals surface area contributed by atoms with Crippen molar-refractivity contribution < 1.29 is 5.11 Å². The summed E-state index contributed by atoms with van der Waals surface area (Å²) in [4.78, 5) is 9.18. The van der Waals surface area contributed by atoms with Gasteiger partial charge < -0.3 is 5.11 Å². The second-order valence-electron chi connectivity index (χ2n) is 6.64. The lowest BCUT2D eigenvalue weighted by Gasteiger charge is -2.06. The van der Waals surface area contributed by atoms with Crippen LogP contribution in [0.5, 0.6) is 5.75 Å². The summed E-state index contributed by atoms with van der Waals surface area (Å²) < 4.78 is 0. The van der Waals surface area contributed by atoms with Crippen molar-refractivity contribution in [1.82, 2.24) is 9.97 Å². The highest BCUT2D eigenvalue weighted by Gasteiger charge is 2.05. The lowest BCUT2D eigenvalue weighted by atomic mass is 10.1. The first kappa shape index (κ1) is 17.4. The van der Waals surface area contributed by atoms with Crippen LogP contribution in [0.1, 0.15) is 51.1 Å². The van der Waals surface area contributed by atoms with Crippen LogP contribution in [-0.2, 0) is 6.42 Å². The van der Waals surface area contributed by atoms with Gasteiger partial charge in [-0.2, -0.15) is 0 Å². The molecule has 1 heterocycles. The maximum absolute atomic E-state index is 9.58. The van der Waals surface area contributed by atoms with E-state index in [1.54, 1.807) is 12.1 Å². The van der Waals surface area contributed by atoms with Crippen LogP contribution in [-0.4, -0.2) is 15.1 Å². The van der Waals surface area contributed by atoms with E-state index >= 15 is 0 Å². The van der Waals surface area contributed by atoms with Crippen LogP contribution in [0.2, 0.25) is 0 Å². The van der Waals surface area contributed by atoms with Gasteiger partial charge in [-0.05, 0) is 47.9 Å². The van der Waals surface area contributed by atoms with Gasteiger partial charge in [-0.1, -0.05) is 57.2 Å². The number of fused-ring (bicyclic) bond motifs is 1. The van der Waals surface area contributed by atoms with E-state index in [1.165, 1.54) is 38.5 Å². The Morgan fingerprint density at radius 2 is 1.60 bits per heavy atom. The fourth-order valence-corrected chi connectivity index (χ4v) is 3.13. The maximum atomic E-state index is 9.58. The molecule has 0 radical (unpaired) electrons. The first-order chi connectivity index (χ1) is 12.3. The molecule has 25 heavy (non-hydrogen) atoms. The standard InChI is InChI=1S/C22H26N2O/c1-2-3-4-5-6-7-8-20-13-14-23-22(24-20)19-10-9-18-16-21(25)12-11-17(18)15-19/h9-16,25H,2-8H2,1H3. The van der Waals surface area contributed by atoms with E-state index in [2.05, 4.69) is 18.0 Å². The summed E-state index contributed by atoms with van der Waals surface area (Å²) in [5.74, 6) is 1.07. The van der Waals surface area contributed by atoms with Crippen molar-refractivity contribution >= 4 is 10.8 Å². The zero-order chi connectivity index (χ0) is 17.5. The summed E-state index contributed by atoms with van der Waals surface area (Å²) in [6.45, 7) is 2.25. The molecule has 3 nitrogen and oxygen atoms in total. The Labute approximate surface area is 149 Å². The molecule has 1 aromatic heterocycles. The van der Waals surface area contributed by atoms with E-state index < -0.39 is 0 Å². The number of nitrogens with zero attached hydrogens (tertiary/aromatic N) is 2. The molecule has 0 fully saturated rings. The minimum atomic E-state index is 0.289. The number of aromatic nitrogens is 2. The van der Waals surface area contributed by atoms with Gasteiger partial charge in [0.05, 0.1) is 0 Å². The minimum absolute atomic E-state index is 0.289. The normalized spacial score (nSPS) is 11.1. The van der Waals surface area contributed by atoms with E-state index in [0.717, 1.165) is 34.3 Å². The van der Waals surface area contributed by atoms with Crippen molar-refractivity contribution in [3.05, 3.63) is 54.4 Å². The molecule has 3 rings (SSSR count). The zero-order valence-electron chi connectivity index (χ0n) is 14.9. The Bertz CT molecular complexity index is 829. The summed E-state index contributed by atoms with van der Waals surface area (Å²) in [5.41, 5.74) is 2.13. The van der Waals surface area contributed by atoms with E-state index in [-0.39, 0.29) is 5.75 Å². The molecule has 0 unspecified atom stereocenters. The van der Waals surface area contributed by atoms with Gasteiger partial charge in [0.2, 0.25) is 0 Å². The summed E-state index contributed by atoms with van der Waals surface area (Å²) in [7, 11) is 0. The van der Waals surface area contributed by atoms with Crippen molar-refractivity contribution in [3.63, 3.8) is 0 Å². The average Bonchev–Trinajstić information content (AvgIpc) is 2.64. The van der Waals surface area contributed by atoms with Crippen molar-refractivity contribution in [3.8, 4) is 17.1 Å². The van der Waals surface area contributed by atoms with Crippen LogP contribution >= 0.6 is 0 Å². The molecule has 0 saturated carbocycles. The van der Waals surface area contributed by atoms with Gasteiger partial charge >= 0.3 is 0 Å². The minimum Gasteiger partial charge on any atom is -0.508 e. The van der Waals surface area contributed by atoms with Crippen molar-refractivity contribution in [2.24, 2.45) is 0 Å². The van der Waals surface area contributed by atoms with Crippen LogP contribution in [0.25, 0.3) is 22.2 Å². The molecule has 3 aromatic rings. The number of hydrogen-bond acceptors (Lipinski definition) is 3. The number of rotatable bonds is 8. The van der Waals surface area contributed by atoms with Gasteiger partial charge in [0.15, 0.2) is 5.82 Å². The van der Waals surface area contributed by atoms with Gasteiger partial charge in [-0.3, -0.25) is 0 Å². The zero-order valence-corrected chi connectivity index (χ0v) is 14.9.